The number of carbonyl (C=O) groups excluding carboxylic acids is 2. The quantitative estimate of drug-likeness (QED) is 0.843. The molecule has 0 radical (unpaired) electrons. The fraction of sp³-hybridized carbons (Fsp3) is 0.133. The third-order valence-electron chi connectivity index (χ3n) is 3.13. The second-order valence-electron chi connectivity index (χ2n) is 4.48. The zero-order valence-corrected chi connectivity index (χ0v) is 10.6. The molecule has 3 rings (SSSR count). The van der Waals surface area contributed by atoms with E-state index >= 15 is 0 Å². The van der Waals surface area contributed by atoms with Crippen LogP contribution in [0.2, 0.25) is 0 Å². The number of carbonyl (C=O) groups is 2. The Morgan fingerprint density at radius 2 is 1.95 bits per heavy atom. The lowest BCUT2D eigenvalue weighted by Crippen LogP contribution is -2.37. The molecule has 1 N–H and O–H groups in total. The van der Waals surface area contributed by atoms with Crippen molar-refractivity contribution in [2.75, 3.05) is 5.32 Å². The number of nitrogens with zero attached hydrogens (tertiary/aromatic N) is 1. The summed E-state index contributed by atoms with van der Waals surface area (Å²) in [6.07, 6.45) is 2.75. The van der Waals surface area contributed by atoms with Gasteiger partial charge in [0.2, 0.25) is 0 Å². The number of cyclic esters (lactones) is 1. The molecule has 0 fully saturated rings. The van der Waals surface area contributed by atoms with Gasteiger partial charge < -0.3 is 10.1 Å². The van der Waals surface area contributed by atoms with Gasteiger partial charge in [0.1, 0.15) is 0 Å². The molecule has 0 aliphatic carbocycles. The summed E-state index contributed by atoms with van der Waals surface area (Å²) in [5.74, 6) is -0.791. The molecule has 5 nitrogen and oxygen atoms in total. The van der Waals surface area contributed by atoms with Gasteiger partial charge in [-0.15, -0.1) is 0 Å². The Morgan fingerprint density at radius 1 is 1.20 bits per heavy atom. The van der Waals surface area contributed by atoms with E-state index in [0.29, 0.717) is 17.7 Å². The number of anilines is 1. The molecule has 1 aliphatic rings. The zero-order valence-electron chi connectivity index (χ0n) is 10.6. The molecule has 1 aliphatic heterocycles. The van der Waals surface area contributed by atoms with Crippen LogP contribution in [0.25, 0.3) is 0 Å². The van der Waals surface area contributed by atoms with Crippen LogP contribution in [0, 0.1) is 0 Å². The predicted octanol–water partition coefficient (Wildman–Crippen LogP) is 1.80. The van der Waals surface area contributed by atoms with Crippen molar-refractivity contribution < 1.29 is 14.3 Å². The van der Waals surface area contributed by atoms with Crippen LogP contribution in [-0.2, 0) is 16.0 Å². The maximum Gasteiger partial charge on any atom is 0.339 e. The van der Waals surface area contributed by atoms with Gasteiger partial charge in [-0.25, -0.2) is 4.79 Å². The summed E-state index contributed by atoms with van der Waals surface area (Å²) in [7, 11) is 0. The van der Waals surface area contributed by atoms with Crippen LogP contribution in [0.5, 0.6) is 0 Å². The molecule has 2 heterocycles. The number of hydrogen-bond acceptors (Lipinski definition) is 4. The first-order chi connectivity index (χ1) is 9.74. The van der Waals surface area contributed by atoms with Crippen LogP contribution < -0.4 is 5.32 Å². The molecule has 0 saturated heterocycles. The van der Waals surface area contributed by atoms with Gasteiger partial charge in [-0.3, -0.25) is 9.78 Å². The minimum atomic E-state index is -0.800. The second kappa shape index (κ2) is 5.13. The van der Waals surface area contributed by atoms with E-state index in [1.165, 1.54) is 0 Å². The van der Waals surface area contributed by atoms with Crippen molar-refractivity contribution in [3.63, 3.8) is 0 Å². The molecule has 1 amide bonds. The number of esters is 1. The van der Waals surface area contributed by atoms with Crippen LogP contribution in [0.15, 0.2) is 48.8 Å². The van der Waals surface area contributed by atoms with Crippen LogP contribution in [-0.4, -0.2) is 23.0 Å². The first-order valence-electron chi connectivity index (χ1n) is 6.24. The van der Waals surface area contributed by atoms with E-state index in [2.05, 4.69) is 10.3 Å². The fourth-order valence-corrected chi connectivity index (χ4v) is 2.14. The number of fused-ring (bicyclic) bond motifs is 1. The van der Waals surface area contributed by atoms with Crippen molar-refractivity contribution in [1.29, 1.82) is 0 Å². The Bertz CT molecular complexity index is 655. The first kappa shape index (κ1) is 12.3. The Balaban J connectivity index is 1.76. The van der Waals surface area contributed by atoms with Crippen LogP contribution in [0.4, 0.5) is 5.69 Å². The second-order valence-corrected chi connectivity index (χ2v) is 4.48. The summed E-state index contributed by atoms with van der Waals surface area (Å²) in [5.41, 5.74) is 1.99. The van der Waals surface area contributed by atoms with E-state index in [1.807, 2.05) is 12.1 Å². The third-order valence-corrected chi connectivity index (χ3v) is 3.13. The van der Waals surface area contributed by atoms with Crippen molar-refractivity contribution in [1.82, 2.24) is 4.98 Å². The van der Waals surface area contributed by atoms with E-state index in [-0.39, 0.29) is 5.91 Å². The van der Waals surface area contributed by atoms with Gasteiger partial charge >= 0.3 is 5.97 Å². The van der Waals surface area contributed by atoms with Gasteiger partial charge in [0.05, 0.1) is 5.56 Å². The molecule has 1 aromatic heterocycles. The highest BCUT2D eigenvalue weighted by molar-refractivity contribution is 5.99. The molecule has 1 atom stereocenters. The first-order valence-corrected chi connectivity index (χ1v) is 6.24. The average molecular weight is 268 g/mol. The van der Waals surface area contributed by atoms with Gasteiger partial charge in [-0.05, 0) is 23.8 Å². The van der Waals surface area contributed by atoms with Gasteiger partial charge in [0.15, 0.2) is 6.10 Å². The Hall–Kier alpha value is -2.69. The number of rotatable bonds is 2. The third kappa shape index (κ3) is 2.38. The minimum absolute atomic E-state index is 0.334. The lowest BCUT2D eigenvalue weighted by molar-refractivity contribution is -0.125. The van der Waals surface area contributed by atoms with E-state index < -0.39 is 12.1 Å². The summed E-state index contributed by atoms with van der Waals surface area (Å²) in [6.45, 7) is 0. The van der Waals surface area contributed by atoms with Crippen molar-refractivity contribution in [2.45, 2.75) is 12.5 Å². The van der Waals surface area contributed by atoms with Crippen molar-refractivity contribution >= 4 is 17.6 Å². The molecule has 2 aromatic rings. The summed E-state index contributed by atoms with van der Waals surface area (Å²) in [4.78, 5) is 27.8. The molecule has 1 aromatic carbocycles. The number of pyridine rings is 1. The maximum atomic E-state index is 12.1. The lowest BCUT2D eigenvalue weighted by atomic mass is 9.98. The van der Waals surface area contributed by atoms with Crippen molar-refractivity contribution in [2.24, 2.45) is 0 Å². The molecule has 0 saturated carbocycles. The summed E-state index contributed by atoms with van der Waals surface area (Å²) >= 11 is 0. The van der Waals surface area contributed by atoms with Crippen LogP contribution in [0.3, 0.4) is 0 Å². The number of nitrogens with one attached hydrogen (secondary N) is 1. The van der Waals surface area contributed by atoms with Gasteiger partial charge in [-0.1, -0.05) is 18.2 Å². The molecule has 0 bridgehead atoms. The minimum Gasteiger partial charge on any atom is -0.448 e. The van der Waals surface area contributed by atoms with E-state index in [1.54, 1.807) is 36.7 Å². The fourth-order valence-electron chi connectivity index (χ4n) is 2.14. The van der Waals surface area contributed by atoms with Gasteiger partial charge in [0.25, 0.3) is 5.91 Å². The number of amides is 1. The smallest absolute Gasteiger partial charge is 0.339 e. The highest BCUT2D eigenvalue weighted by Crippen LogP contribution is 2.21. The number of hydrogen-bond donors (Lipinski definition) is 1. The molecule has 0 spiro atoms. The largest absolute Gasteiger partial charge is 0.448 e. The Kier molecular flexibility index (Phi) is 3.16. The van der Waals surface area contributed by atoms with E-state index in [9.17, 15) is 9.59 Å². The molecular weight excluding hydrogens is 256 g/mol. The summed E-state index contributed by atoms with van der Waals surface area (Å²) in [5, 5.41) is 2.71. The average Bonchev–Trinajstić information content (AvgIpc) is 2.48. The predicted molar refractivity (Wildman–Crippen MR) is 72.2 cm³/mol. The number of benzene rings is 1. The molecule has 100 valence electrons. The van der Waals surface area contributed by atoms with Crippen molar-refractivity contribution in [3.8, 4) is 0 Å². The van der Waals surface area contributed by atoms with Crippen molar-refractivity contribution in [3.05, 3.63) is 59.9 Å². The lowest BCUT2D eigenvalue weighted by Gasteiger charge is -2.23. The molecular formula is C15H12N2O3. The summed E-state index contributed by atoms with van der Waals surface area (Å²) in [6, 6.07) is 10.5. The molecule has 5 heteroatoms. The van der Waals surface area contributed by atoms with Crippen LogP contribution in [0.1, 0.15) is 15.9 Å². The standard InChI is InChI=1S/C15H12N2O3/c18-14(17-11-5-7-16-8-6-11)13-9-10-3-1-2-4-12(10)15(19)20-13/h1-8,13H,9H2,(H,16,17,18). The van der Waals surface area contributed by atoms with Gasteiger partial charge in [0, 0.05) is 24.5 Å². The maximum absolute atomic E-state index is 12.1. The SMILES string of the molecule is O=C1OC(C(=O)Nc2ccncc2)Cc2ccccc21. The zero-order chi connectivity index (χ0) is 13.9. The van der Waals surface area contributed by atoms with E-state index in [4.69, 9.17) is 4.74 Å². The topological polar surface area (TPSA) is 68.3 Å². The van der Waals surface area contributed by atoms with E-state index in [0.717, 1.165) is 5.56 Å². The number of aromatic nitrogens is 1. The number of ether oxygens (including phenoxy) is 1. The molecule has 20 heavy (non-hydrogen) atoms. The van der Waals surface area contributed by atoms with Gasteiger partial charge in [-0.2, -0.15) is 0 Å². The Morgan fingerprint density at radius 3 is 2.75 bits per heavy atom. The Labute approximate surface area is 115 Å². The normalized spacial score (nSPS) is 17.0. The molecule has 1 unspecified atom stereocenters. The highest BCUT2D eigenvalue weighted by atomic mass is 16.5. The highest BCUT2D eigenvalue weighted by Gasteiger charge is 2.30. The monoisotopic (exact) mass is 268 g/mol. The van der Waals surface area contributed by atoms with Crippen LogP contribution >= 0.6 is 0 Å². The summed E-state index contributed by atoms with van der Waals surface area (Å²) < 4.78 is 5.18.